The van der Waals surface area contributed by atoms with Gasteiger partial charge in [0.15, 0.2) is 0 Å². The van der Waals surface area contributed by atoms with Crippen molar-refractivity contribution >= 4 is 0 Å². The summed E-state index contributed by atoms with van der Waals surface area (Å²) in [6.07, 6.45) is 8.31. The molecule has 0 bridgehead atoms. The molecule has 0 aliphatic heterocycles. The lowest BCUT2D eigenvalue weighted by atomic mass is 9.63. The first kappa shape index (κ1) is 15.4. The Labute approximate surface area is 120 Å². The van der Waals surface area contributed by atoms with Gasteiger partial charge < -0.3 is 5.32 Å². The van der Waals surface area contributed by atoms with E-state index in [0.717, 1.165) is 23.9 Å². The van der Waals surface area contributed by atoms with E-state index < -0.39 is 0 Å². The van der Waals surface area contributed by atoms with Crippen molar-refractivity contribution in [3.8, 4) is 0 Å². The van der Waals surface area contributed by atoms with Gasteiger partial charge in [-0.2, -0.15) is 0 Å². The number of nitrogens with one attached hydrogen (secondary N) is 1. The van der Waals surface area contributed by atoms with Crippen LogP contribution in [0.2, 0.25) is 0 Å². The molecule has 2 rings (SSSR count). The molecule has 0 saturated heterocycles. The van der Waals surface area contributed by atoms with Crippen LogP contribution in [0.25, 0.3) is 0 Å². The zero-order valence-electron chi connectivity index (χ0n) is 14.1. The van der Waals surface area contributed by atoms with Gasteiger partial charge in [0.25, 0.3) is 0 Å². The molecule has 2 saturated carbocycles. The zero-order chi connectivity index (χ0) is 14.3. The van der Waals surface area contributed by atoms with Crippen molar-refractivity contribution in [2.45, 2.75) is 92.2 Å². The van der Waals surface area contributed by atoms with Crippen molar-refractivity contribution < 1.29 is 0 Å². The molecule has 19 heavy (non-hydrogen) atoms. The van der Waals surface area contributed by atoms with E-state index in [-0.39, 0.29) is 0 Å². The van der Waals surface area contributed by atoms with E-state index in [9.17, 15) is 0 Å². The predicted molar refractivity (Wildman–Crippen MR) is 84.3 cm³/mol. The van der Waals surface area contributed by atoms with Gasteiger partial charge in [-0.3, -0.25) is 0 Å². The van der Waals surface area contributed by atoms with Gasteiger partial charge in [0.1, 0.15) is 0 Å². The van der Waals surface area contributed by atoms with Crippen molar-refractivity contribution in [3.63, 3.8) is 0 Å². The number of rotatable bonds is 2. The Kier molecular flexibility index (Phi) is 4.35. The summed E-state index contributed by atoms with van der Waals surface area (Å²) in [7, 11) is 0. The van der Waals surface area contributed by atoms with E-state index in [1.54, 1.807) is 0 Å². The van der Waals surface area contributed by atoms with Crippen molar-refractivity contribution in [2.75, 3.05) is 0 Å². The highest BCUT2D eigenvalue weighted by Crippen LogP contribution is 2.46. The van der Waals surface area contributed by atoms with Crippen LogP contribution >= 0.6 is 0 Å². The second-order valence-electron chi connectivity index (χ2n) is 9.28. The molecule has 2 fully saturated rings. The molecule has 2 aliphatic carbocycles. The molecule has 0 spiro atoms. The zero-order valence-corrected chi connectivity index (χ0v) is 14.1. The Balaban J connectivity index is 1.97. The van der Waals surface area contributed by atoms with Gasteiger partial charge in [0.2, 0.25) is 0 Å². The van der Waals surface area contributed by atoms with Gasteiger partial charge in [0, 0.05) is 12.1 Å². The van der Waals surface area contributed by atoms with Gasteiger partial charge >= 0.3 is 0 Å². The summed E-state index contributed by atoms with van der Waals surface area (Å²) in [6.45, 7) is 14.7. The van der Waals surface area contributed by atoms with Crippen LogP contribution in [0.4, 0.5) is 0 Å². The van der Waals surface area contributed by atoms with Gasteiger partial charge in [-0.1, -0.05) is 48.0 Å². The Morgan fingerprint density at radius 2 is 1.47 bits per heavy atom. The Morgan fingerprint density at radius 3 is 2.05 bits per heavy atom. The molecular formula is C18H35N. The molecule has 3 atom stereocenters. The SMILES string of the molecule is CC1CCC(C)C(NC2CC(C)(C)CC(C)(C)C2)C1. The summed E-state index contributed by atoms with van der Waals surface area (Å²) < 4.78 is 0. The molecule has 112 valence electrons. The lowest BCUT2D eigenvalue weighted by molar-refractivity contribution is 0.0699. The van der Waals surface area contributed by atoms with E-state index in [1.807, 2.05) is 0 Å². The third kappa shape index (κ3) is 4.21. The maximum Gasteiger partial charge on any atom is 0.00978 e. The fourth-order valence-corrected chi connectivity index (χ4v) is 5.03. The smallest absolute Gasteiger partial charge is 0.00978 e. The summed E-state index contributed by atoms with van der Waals surface area (Å²) in [5.41, 5.74) is 1.01. The van der Waals surface area contributed by atoms with Gasteiger partial charge in [-0.05, 0) is 54.8 Å². The molecule has 3 unspecified atom stereocenters. The van der Waals surface area contributed by atoms with E-state index in [1.165, 1.54) is 38.5 Å². The maximum absolute atomic E-state index is 4.05. The van der Waals surface area contributed by atoms with Gasteiger partial charge in [-0.25, -0.2) is 0 Å². The fourth-order valence-electron chi connectivity index (χ4n) is 5.03. The molecule has 0 aromatic heterocycles. The first-order chi connectivity index (χ1) is 8.67. The van der Waals surface area contributed by atoms with Crippen LogP contribution in [0.1, 0.15) is 80.1 Å². The van der Waals surface area contributed by atoms with Crippen molar-refractivity contribution in [1.82, 2.24) is 5.32 Å². The largest absolute Gasteiger partial charge is 0.311 e. The minimum atomic E-state index is 0.503. The third-order valence-electron chi connectivity index (χ3n) is 5.46. The summed E-state index contributed by atoms with van der Waals surface area (Å²) in [5.74, 6) is 1.78. The van der Waals surface area contributed by atoms with Crippen LogP contribution in [-0.2, 0) is 0 Å². The minimum Gasteiger partial charge on any atom is -0.311 e. The van der Waals surface area contributed by atoms with E-state index in [0.29, 0.717) is 10.8 Å². The normalized spacial score (nSPS) is 39.2. The van der Waals surface area contributed by atoms with Gasteiger partial charge in [0.05, 0.1) is 0 Å². The topological polar surface area (TPSA) is 12.0 Å². The van der Waals surface area contributed by atoms with E-state index in [4.69, 9.17) is 0 Å². The molecule has 1 N–H and O–H groups in total. The molecule has 0 amide bonds. The second kappa shape index (κ2) is 5.39. The molecule has 0 radical (unpaired) electrons. The van der Waals surface area contributed by atoms with Crippen LogP contribution in [0.15, 0.2) is 0 Å². The number of hydrogen-bond acceptors (Lipinski definition) is 1. The molecule has 0 heterocycles. The molecule has 1 nitrogen and oxygen atoms in total. The standard InChI is InChI=1S/C18H35N/c1-13-7-8-14(2)16(9-13)19-15-10-17(3,4)12-18(5,6)11-15/h13-16,19H,7-12H2,1-6H3. The molecule has 0 aromatic carbocycles. The average molecular weight is 265 g/mol. The lowest BCUT2D eigenvalue weighted by Gasteiger charge is -2.47. The van der Waals surface area contributed by atoms with Crippen LogP contribution in [0.5, 0.6) is 0 Å². The maximum atomic E-state index is 4.05. The van der Waals surface area contributed by atoms with Crippen molar-refractivity contribution in [3.05, 3.63) is 0 Å². The summed E-state index contributed by atoms with van der Waals surface area (Å²) in [4.78, 5) is 0. The predicted octanol–water partition coefficient (Wildman–Crippen LogP) is 5.01. The molecule has 0 aromatic rings. The Morgan fingerprint density at radius 1 is 0.895 bits per heavy atom. The lowest BCUT2D eigenvalue weighted by Crippen LogP contribution is -2.50. The average Bonchev–Trinajstić information content (AvgIpc) is 2.18. The summed E-state index contributed by atoms with van der Waals surface area (Å²) in [6, 6.07) is 1.50. The summed E-state index contributed by atoms with van der Waals surface area (Å²) >= 11 is 0. The monoisotopic (exact) mass is 265 g/mol. The van der Waals surface area contributed by atoms with Crippen LogP contribution in [0.3, 0.4) is 0 Å². The van der Waals surface area contributed by atoms with E-state index >= 15 is 0 Å². The first-order valence-corrected chi connectivity index (χ1v) is 8.43. The van der Waals surface area contributed by atoms with Crippen molar-refractivity contribution in [2.24, 2.45) is 22.7 Å². The highest BCUT2D eigenvalue weighted by Gasteiger charge is 2.39. The fraction of sp³-hybridized carbons (Fsp3) is 1.00. The van der Waals surface area contributed by atoms with Crippen LogP contribution < -0.4 is 5.32 Å². The molecule has 1 heteroatoms. The van der Waals surface area contributed by atoms with Gasteiger partial charge in [-0.15, -0.1) is 0 Å². The van der Waals surface area contributed by atoms with Crippen LogP contribution in [0, 0.1) is 22.7 Å². The van der Waals surface area contributed by atoms with Crippen molar-refractivity contribution in [1.29, 1.82) is 0 Å². The highest BCUT2D eigenvalue weighted by atomic mass is 15.0. The van der Waals surface area contributed by atoms with Crippen LogP contribution in [-0.4, -0.2) is 12.1 Å². The second-order valence-corrected chi connectivity index (χ2v) is 9.28. The van der Waals surface area contributed by atoms with E-state index in [2.05, 4.69) is 46.9 Å². The quantitative estimate of drug-likeness (QED) is 0.740. The summed E-state index contributed by atoms with van der Waals surface area (Å²) in [5, 5.41) is 4.05. The molecule has 2 aliphatic rings. The Hall–Kier alpha value is -0.0400. The number of hydrogen-bond donors (Lipinski definition) is 1. The third-order valence-corrected chi connectivity index (χ3v) is 5.46. The minimum absolute atomic E-state index is 0.503. The highest BCUT2D eigenvalue weighted by molar-refractivity contribution is 4.94. The molecular weight excluding hydrogens is 230 g/mol. The Bertz CT molecular complexity index is 289. The first-order valence-electron chi connectivity index (χ1n) is 8.43.